The third-order valence-corrected chi connectivity index (χ3v) is 4.82. The normalized spacial score (nSPS) is 11.9. The third kappa shape index (κ3) is 4.40. The molecule has 0 aliphatic carbocycles. The van der Waals surface area contributed by atoms with Gasteiger partial charge in [0.2, 0.25) is 0 Å². The van der Waals surface area contributed by atoms with Crippen molar-refractivity contribution in [1.29, 1.82) is 0 Å². The van der Waals surface area contributed by atoms with Gasteiger partial charge in [0, 0.05) is 11.6 Å². The number of fused-ring (bicyclic) bond motifs is 3. The van der Waals surface area contributed by atoms with Crippen molar-refractivity contribution in [2.45, 2.75) is 32.3 Å². The van der Waals surface area contributed by atoms with Crippen LogP contribution in [0.25, 0.3) is 21.7 Å². The largest absolute Gasteiger partial charge is 0.490 e. The van der Waals surface area contributed by atoms with Crippen LogP contribution in [0.5, 0.6) is 5.75 Å². The Morgan fingerprint density at radius 3 is 2.52 bits per heavy atom. The van der Waals surface area contributed by atoms with Crippen molar-refractivity contribution < 1.29 is 4.74 Å². The number of benzene rings is 3. The van der Waals surface area contributed by atoms with Gasteiger partial charge in [0.25, 0.3) is 0 Å². The second kappa shape index (κ2) is 8.88. The zero-order valence-corrected chi connectivity index (χ0v) is 16.3. The smallest absolute Gasteiger partial charge is 0.129 e. The number of aromatic nitrogens is 1. The van der Waals surface area contributed by atoms with Crippen LogP contribution in [0.3, 0.4) is 0 Å². The first-order valence-corrected chi connectivity index (χ1v) is 9.28. The Hall–Kier alpha value is -2.58. The fraction of sp³-hybridized carbons (Fsp3) is 0.208. The van der Waals surface area contributed by atoms with Gasteiger partial charge in [-0.2, -0.15) is 0 Å². The summed E-state index contributed by atoms with van der Waals surface area (Å²) in [6, 6.07) is 25.1. The molecule has 0 spiro atoms. The number of nitrogens with zero attached hydrogens (tertiary/aromatic N) is 1. The fourth-order valence-electron chi connectivity index (χ4n) is 3.49. The molecule has 1 unspecified atom stereocenters. The highest BCUT2D eigenvalue weighted by molar-refractivity contribution is 6.08. The molecule has 0 aliphatic heterocycles. The van der Waals surface area contributed by atoms with Crippen molar-refractivity contribution in [2.75, 3.05) is 0 Å². The summed E-state index contributed by atoms with van der Waals surface area (Å²) in [4.78, 5) is 4.60. The Bertz CT molecular complexity index is 1020. The predicted molar refractivity (Wildman–Crippen MR) is 116 cm³/mol. The molecule has 0 radical (unpaired) electrons. The summed E-state index contributed by atoms with van der Waals surface area (Å²) < 4.78 is 6.33. The first-order chi connectivity index (χ1) is 12.8. The summed E-state index contributed by atoms with van der Waals surface area (Å²) in [5, 5.41) is 3.46. The van der Waals surface area contributed by atoms with E-state index < -0.39 is 0 Å². The van der Waals surface area contributed by atoms with Gasteiger partial charge in [0.15, 0.2) is 0 Å². The van der Waals surface area contributed by atoms with E-state index in [0.717, 1.165) is 41.3 Å². The van der Waals surface area contributed by atoms with E-state index in [2.05, 4.69) is 72.6 Å². The lowest BCUT2D eigenvalue weighted by Gasteiger charge is -2.17. The number of rotatable bonds is 6. The van der Waals surface area contributed by atoms with Gasteiger partial charge in [-0.05, 0) is 49.3 Å². The lowest BCUT2D eigenvalue weighted by molar-refractivity contribution is 0.211. The summed E-state index contributed by atoms with van der Waals surface area (Å²) in [6.07, 6.45) is 5.35. The van der Waals surface area contributed by atoms with Crippen molar-refractivity contribution in [3.8, 4) is 5.75 Å². The van der Waals surface area contributed by atoms with E-state index in [4.69, 9.17) is 4.74 Å². The topological polar surface area (TPSA) is 22.1 Å². The molecule has 138 valence electrons. The number of halogens is 1. The molecule has 1 atom stereocenters. The van der Waals surface area contributed by atoms with Crippen LogP contribution in [0.1, 0.15) is 25.3 Å². The Labute approximate surface area is 166 Å². The van der Waals surface area contributed by atoms with E-state index >= 15 is 0 Å². The third-order valence-electron chi connectivity index (χ3n) is 4.82. The molecular formula is C24H24ClNO. The van der Waals surface area contributed by atoms with E-state index in [1.807, 2.05) is 18.3 Å². The summed E-state index contributed by atoms with van der Waals surface area (Å²) >= 11 is 0. The standard InChI is InChI=1S/C24H23NO.ClH/c1-18(9-7-12-19-10-3-2-4-11-19)26-23-16-8-15-22-24(23)21-14-6-5-13-20(21)17-25-22;/h2-6,8,10-11,13-18H,7,9,12H2,1H3;1H. The van der Waals surface area contributed by atoms with Gasteiger partial charge in [0.1, 0.15) is 5.75 Å². The van der Waals surface area contributed by atoms with Crippen LogP contribution in [-0.2, 0) is 6.42 Å². The lowest BCUT2D eigenvalue weighted by Crippen LogP contribution is -2.12. The maximum absolute atomic E-state index is 6.33. The molecule has 3 heteroatoms. The molecule has 27 heavy (non-hydrogen) atoms. The quantitative estimate of drug-likeness (QED) is 0.353. The van der Waals surface area contributed by atoms with Gasteiger partial charge in [0.05, 0.1) is 17.0 Å². The van der Waals surface area contributed by atoms with Crippen molar-refractivity contribution >= 4 is 34.1 Å². The summed E-state index contributed by atoms with van der Waals surface area (Å²) in [7, 11) is 0. The monoisotopic (exact) mass is 377 g/mol. The van der Waals surface area contributed by atoms with Crippen LogP contribution in [0, 0.1) is 0 Å². The van der Waals surface area contributed by atoms with Crippen molar-refractivity contribution in [3.05, 3.63) is 84.6 Å². The Morgan fingerprint density at radius 2 is 1.67 bits per heavy atom. The van der Waals surface area contributed by atoms with Crippen LogP contribution >= 0.6 is 12.4 Å². The second-order valence-electron chi connectivity index (χ2n) is 6.80. The molecule has 1 heterocycles. The molecule has 1 aromatic heterocycles. The first kappa shape index (κ1) is 19.2. The molecule has 0 amide bonds. The number of hydrogen-bond acceptors (Lipinski definition) is 2. The fourth-order valence-corrected chi connectivity index (χ4v) is 3.49. The lowest BCUT2D eigenvalue weighted by atomic mass is 10.1. The van der Waals surface area contributed by atoms with Gasteiger partial charge in [-0.15, -0.1) is 12.4 Å². The Morgan fingerprint density at radius 1 is 0.889 bits per heavy atom. The first-order valence-electron chi connectivity index (χ1n) is 9.28. The van der Waals surface area contributed by atoms with Crippen LogP contribution in [0.4, 0.5) is 0 Å². The van der Waals surface area contributed by atoms with Crippen LogP contribution < -0.4 is 4.74 Å². The molecule has 0 saturated heterocycles. The van der Waals surface area contributed by atoms with Gasteiger partial charge < -0.3 is 4.74 Å². The Kier molecular flexibility index (Phi) is 6.31. The summed E-state index contributed by atoms with van der Waals surface area (Å²) in [5.74, 6) is 0.930. The zero-order valence-electron chi connectivity index (χ0n) is 15.5. The average molecular weight is 378 g/mol. The van der Waals surface area contributed by atoms with Gasteiger partial charge >= 0.3 is 0 Å². The molecule has 0 aliphatic rings. The molecular weight excluding hydrogens is 354 g/mol. The number of pyridine rings is 1. The SMILES string of the molecule is CC(CCCc1ccccc1)Oc1cccc2ncc3ccccc3c12.Cl. The molecule has 0 N–H and O–H groups in total. The maximum atomic E-state index is 6.33. The van der Waals surface area contributed by atoms with Crippen molar-refractivity contribution in [1.82, 2.24) is 4.98 Å². The van der Waals surface area contributed by atoms with Gasteiger partial charge in [-0.1, -0.05) is 60.7 Å². The summed E-state index contributed by atoms with van der Waals surface area (Å²) in [6.45, 7) is 2.16. The molecule has 0 saturated carbocycles. The van der Waals surface area contributed by atoms with E-state index in [-0.39, 0.29) is 18.5 Å². The summed E-state index contributed by atoms with van der Waals surface area (Å²) in [5.41, 5.74) is 2.37. The number of aryl methyl sites for hydroxylation is 1. The molecule has 3 aromatic carbocycles. The van der Waals surface area contributed by atoms with Crippen LogP contribution in [-0.4, -0.2) is 11.1 Å². The van der Waals surface area contributed by atoms with E-state index in [9.17, 15) is 0 Å². The number of ether oxygens (including phenoxy) is 1. The highest BCUT2D eigenvalue weighted by Gasteiger charge is 2.11. The molecule has 0 fully saturated rings. The minimum absolute atomic E-state index is 0. The van der Waals surface area contributed by atoms with Gasteiger partial charge in [-0.25, -0.2) is 0 Å². The van der Waals surface area contributed by atoms with Crippen LogP contribution in [0.15, 0.2) is 79.0 Å². The molecule has 4 aromatic rings. The van der Waals surface area contributed by atoms with Gasteiger partial charge in [-0.3, -0.25) is 4.98 Å². The molecule has 4 rings (SSSR count). The minimum Gasteiger partial charge on any atom is -0.490 e. The number of hydrogen-bond donors (Lipinski definition) is 0. The minimum atomic E-state index is 0. The maximum Gasteiger partial charge on any atom is 0.129 e. The zero-order chi connectivity index (χ0) is 17.8. The highest BCUT2D eigenvalue weighted by Crippen LogP contribution is 2.32. The Balaban J connectivity index is 0.00000210. The van der Waals surface area contributed by atoms with Crippen molar-refractivity contribution in [2.24, 2.45) is 0 Å². The second-order valence-corrected chi connectivity index (χ2v) is 6.80. The average Bonchev–Trinajstić information content (AvgIpc) is 2.69. The predicted octanol–water partition coefficient (Wildman–Crippen LogP) is 6.60. The van der Waals surface area contributed by atoms with E-state index in [1.54, 1.807) is 0 Å². The van der Waals surface area contributed by atoms with Crippen molar-refractivity contribution in [3.63, 3.8) is 0 Å². The van der Waals surface area contributed by atoms with E-state index in [0.29, 0.717) is 0 Å². The highest BCUT2D eigenvalue weighted by atomic mass is 35.5. The van der Waals surface area contributed by atoms with E-state index in [1.165, 1.54) is 10.9 Å². The molecule has 0 bridgehead atoms. The molecule has 2 nitrogen and oxygen atoms in total. The van der Waals surface area contributed by atoms with Crippen LogP contribution in [0.2, 0.25) is 0 Å².